The molecule has 0 amide bonds. The minimum absolute atomic E-state index is 0.368. The van der Waals surface area contributed by atoms with Crippen LogP contribution in [0.3, 0.4) is 0 Å². The summed E-state index contributed by atoms with van der Waals surface area (Å²) in [5.74, 6) is 0. The van der Waals surface area contributed by atoms with Gasteiger partial charge in [-0.15, -0.1) is 0 Å². The second-order valence-corrected chi connectivity index (χ2v) is 4.78. The molecule has 2 nitrogen and oxygen atoms in total. The molecule has 1 aromatic carbocycles. The molecule has 2 rings (SSSR count). The summed E-state index contributed by atoms with van der Waals surface area (Å²) in [4.78, 5) is 0. The summed E-state index contributed by atoms with van der Waals surface area (Å²) in [5, 5.41) is 3.85. The van der Waals surface area contributed by atoms with Crippen molar-refractivity contribution in [2.24, 2.45) is 0 Å². The Labute approximate surface area is 123 Å². The molecule has 1 heterocycles. The molecule has 1 aromatic heterocycles. The highest BCUT2D eigenvalue weighted by molar-refractivity contribution is 6.39. The number of aromatic amines is 1. The Kier molecular flexibility index (Phi) is 3.88. The second-order valence-electron chi connectivity index (χ2n) is 3.97. The minimum Gasteiger partial charge on any atom is -0.273 e. The number of hydrogen-bond acceptors (Lipinski definition) is 1. The van der Waals surface area contributed by atoms with Gasteiger partial charge in [-0.2, -0.15) is 31.4 Å². The predicted octanol–water partition coefficient (Wildman–Crippen LogP) is 5.42. The van der Waals surface area contributed by atoms with Crippen molar-refractivity contribution in [1.82, 2.24) is 10.2 Å². The normalized spacial score (nSPS) is 12.8. The molecule has 0 bridgehead atoms. The lowest BCUT2D eigenvalue weighted by molar-refractivity contribution is -0.140. The van der Waals surface area contributed by atoms with E-state index in [1.54, 1.807) is 5.10 Å². The second kappa shape index (κ2) is 5.10. The van der Waals surface area contributed by atoms with Gasteiger partial charge in [0, 0.05) is 11.1 Å². The van der Waals surface area contributed by atoms with Crippen LogP contribution in [0, 0.1) is 0 Å². The summed E-state index contributed by atoms with van der Waals surface area (Å²) in [6.07, 6.45) is -8.70. The van der Waals surface area contributed by atoms with E-state index < -0.39 is 39.2 Å². The van der Waals surface area contributed by atoms with Crippen LogP contribution in [0.1, 0.15) is 11.3 Å². The molecular weight excluding hydrogens is 345 g/mol. The molecule has 114 valence electrons. The van der Waals surface area contributed by atoms with Gasteiger partial charge in [-0.1, -0.05) is 23.2 Å². The molecule has 0 aliphatic heterocycles. The highest BCUT2D eigenvalue weighted by Gasteiger charge is 2.38. The molecule has 0 spiro atoms. The van der Waals surface area contributed by atoms with Gasteiger partial charge >= 0.3 is 12.4 Å². The van der Waals surface area contributed by atoms with Crippen molar-refractivity contribution in [3.63, 3.8) is 0 Å². The number of nitrogens with zero attached hydrogens (tertiary/aromatic N) is 1. The van der Waals surface area contributed by atoms with Gasteiger partial charge in [0.15, 0.2) is 0 Å². The largest absolute Gasteiger partial charge is 0.433 e. The summed E-state index contributed by atoms with van der Waals surface area (Å²) < 4.78 is 76.0. The zero-order chi connectivity index (χ0) is 16.0. The maximum absolute atomic E-state index is 12.8. The van der Waals surface area contributed by atoms with Gasteiger partial charge in [0.25, 0.3) is 0 Å². The number of aromatic nitrogens is 2. The SMILES string of the molecule is FC(F)(F)c1cc(Cl)c(-c2cn[nH]c2C(F)(F)F)c(Cl)c1. The Morgan fingerprint density at radius 3 is 1.86 bits per heavy atom. The van der Waals surface area contributed by atoms with Crippen molar-refractivity contribution in [2.45, 2.75) is 12.4 Å². The number of benzene rings is 1. The molecule has 0 aliphatic rings. The van der Waals surface area contributed by atoms with E-state index in [0.29, 0.717) is 12.1 Å². The summed E-state index contributed by atoms with van der Waals surface area (Å²) >= 11 is 11.3. The molecule has 21 heavy (non-hydrogen) atoms. The molecule has 1 N–H and O–H groups in total. The number of alkyl halides is 6. The number of nitrogens with one attached hydrogen (secondary N) is 1. The van der Waals surface area contributed by atoms with Crippen LogP contribution < -0.4 is 0 Å². The van der Waals surface area contributed by atoms with Crippen molar-refractivity contribution in [3.8, 4) is 11.1 Å². The van der Waals surface area contributed by atoms with Crippen LogP contribution in [0.25, 0.3) is 11.1 Å². The maximum atomic E-state index is 12.8. The van der Waals surface area contributed by atoms with E-state index in [1.165, 1.54) is 0 Å². The Morgan fingerprint density at radius 2 is 1.43 bits per heavy atom. The van der Waals surface area contributed by atoms with E-state index in [1.807, 2.05) is 0 Å². The number of halogens is 8. The van der Waals surface area contributed by atoms with Crippen LogP contribution in [-0.2, 0) is 12.4 Å². The monoisotopic (exact) mass is 348 g/mol. The fourth-order valence-corrected chi connectivity index (χ4v) is 2.38. The van der Waals surface area contributed by atoms with Crippen molar-refractivity contribution < 1.29 is 26.3 Å². The lowest BCUT2D eigenvalue weighted by Gasteiger charge is -2.13. The van der Waals surface area contributed by atoms with E-state index in [4.69, 9.17) is 23.2 Å². The quantitative estimate of drug-likeness (QED) is 0.684. The van der Waals surface area contributed by atoms with E-state index in [-0.39, 0.29) is 5.56 Å². The Hall–Kier alpha value is -1.41. The molecule has 0 radical (unpaired) electrons. The first-order valence-corrected chi connectivity index (χ1v) is 5.94. The van der Waals surface area contributed by atoms with Gasteiger partial charge in [0.2, 0.25) is 0 Å². The first-order chi connectivity index (χ1) is 9.51. The Morgan fingerprint density at radius 1 is 0.905 bits per heavy atom. The molecule has 0 atom stereocenters. The van der Waals surface area contributed by atoms with Crippen LogP contribution in [0.4, 0.5) is 26.3 Å². The highest BCUT2D eigenvalue weighted by Crippen LogP contribution is 2.44. The molecular formula is C11H4Cl2F6N2. The molecule has 0 saturated heterocycles. The van der Waals surface area contributed by atoms with Crippen molar-refractivity contribution >= 4 is 23.2 Å². The third-order valence-electron chi connectivity index (χ3n) is 2.56. The zero-order valence-corrected chi connectivity index (χ0v) is 11.2. The standard InChI is InChI=1S/C11H4Cl2F6N2/c12-6-1-4(10(14,15)16)2-7(13)8(6)5-3-20-21-9(5)11(17,18)19/h1-3H,(H,20,21). The zero-order valence-electron chi connectivity index (χ0n) is 9.70. The Bertz CT molecular complexity index is 651. The molecule has 0 fully saturated rings. The fourth-order valence-electron chi connectivity index (χ4n) is 1.69. The van der Waals surface area contributed by atoms with Gasteiger partial charge in [0.05, 0.1) is 21.8 Å². The Balaban J connectivity index is 2.65. The summed E-state index contributed by atoms with van der Waals surface area (Å²) in [7, 11) is 0. The average Bonchev–Trinajstić information content (AvgIpc) is 2.75. The molecule has 0 saturated carbocycles. The third-order valence-corrected chi connectivity index (χ3v) is 3.16. The third kappa shape index (κ3) is 3.11. The first kappa shape index (κ1) is 16.0. The molecule has 2 aromatic rings. The molecule has 0 aliphatic carbocycles. The summed E-state index contributed by atoms with van der Waals surface area (Å²) in [6.45, 7) is 0. The smallest absolute Gasteiger partial charge is 0.273 e. The van der Waals surface area contributed by atoms with E-state index in [9.17, 15) is 26.3 Å². The highest BCUT2D eigenvalue weighted by atomic mass is 35.5. The summed E-state index contributed by atoms with van der Waals surface area (Å²) in [5.41, 5.74) is -3.29. The van der Waals surface area contributed by atoms with Gasteiger partial charge in [-0.3, -0.25) is 5.10 Å². The van der Waals surface area contributed by atoms with Gasteiger partial charge < -0.3 is 0 Å². The van der Waals surface area contributed by atoms with E-state index >= 15 is 0 Å². The molecule has 10 heteroatoms. The number of H-pyrrole nitrogens is 1. The number of rotatable bonds is 1. The van der Waals surface area contributed by atoms with Gasteiger partial charge in [-0.25, -0.2) is 0 Å². The van der Waals surface area contributed by atoms with Gasteiger partial charge in [-0.05, 0) is 12.1 Å². The van der Waals surface area contributed by atoms with Crippen molar-refractivity contribution in [2.75, 3.05) is 0 Å². The maximum Gasteiger partial charge on any atom is 0.433 e. The fraction of sp³-hybridized carbons (Fsp3) is 0.182. The lowest BCUT2D eigenvalue weighted by atomic mass is 10.0. The summed E-state index contributed by atoms with van der Waals surface area (Å²) in [6, 6.07) is 1.02. The molecule has 0 unspecified atom stereocenters. The van der Waals surface area contributed by atoms with Crippen molar-refractivity contribution in [1.29, 1.82) is 0 Å². The average molecular weight is 349 g/mol. The minimum atomic E-state index is -4.78. The van der Waals surface area contributed by atoms with Gasteiger partial charge in [0.1, 0.15) is 5.69 Å². The van der Waals surface area contributed by atoms with Crippen LogP contribution in [0.2, 0.25) is 10.0 Å². The van der Waals surface area contributed by atoms with Crippen LogP contribution >= 0.6 is 23.2 Å². The van der Waals surface area contributed by atoms with Crippen LogP contribution in [0.5, 0.6) is 0 Å². The van der Waals surface area contributed by atoms with E-state index in [2.05, 4.69) is 5.10 Å². The van der Waals surface area contributed by atoms with Crippen LogP contribution in [-0.4, -0.2) is 10.2 Å². The van der Waals surface area contributed by atoms with Crippen LogP contribution in [0.15, 0.2) is 18.3 Å². The van der Waals surface area contributed by atoms with Crippen molar-refractivity contribution in [3.05, 3.63) is 39.6 Å². The lowest BCUT2D eigenvalue weighted by Crippen LogP contribution is -2.08. The van der Waals surface area contributed by atoms with E-state index in [0.717, 1.165) is 6.20 Å². The predicted molar refractivity (Wildman–Crippen MR) is 64.0 cm³/mol. The topological polar surface area (TPSA) is 28.7 Å². The number of hydrogen-bond donors (Lipinski definition) is 1. The first-order valence-electron chi connectivity index (χ1n) is 5.19.